The number of hydrogen-bond acceptors (Lipinski definition) is 2. The van der Waals surface area contributed by atoms with Crippen LogP contribution < -0.4 is 5.32 Å². The Morgan fingerprint density at radius 1 is 1.29 bits per heavy atom. The van der Waals surface area contributed by atoms with E-state index in [0.717, 1.165) is 12.0 Å². The molecule has 0 spiro atoms. The van der Waals surface area contributed by atoms with E-state index in [9.17, 15) is 4.79 Å². The van der Waals surface area contributed by atoms with Gasteiger partial charge in [0.05, 0.1) is 0 Å². The van der Waals surface area contributed by atoms with Crippen LogP contribution in [0.3, 0.4) is 0 Å². The van der Waals surface area contributed by atoms with Gasteiger partial charge < -0.3 is 10.1 Å². The molecule has 76 valence electrons. The number of nitrogens with one attached hydrogen (secondary N) is 1. The van der Waals surface area contributed by atoms with Crippen LogP contribution in [0.4, 0.5) is 4.79 Å². The van der Waals surface area contributed by atoms with Gasteiger partial charge in [-0.3, -0.25) is 0 Å². The summed E-state index contributed by atoms with van der Waals surface area (Å²) in [6.07, 6.45) is 0.626. The Kier molecular flexibility index (Phi) is 3.98. The van der Waals surface area contributed by atoms with Gasteiger partial charge in [-0.15, -0.1) is 0 Å². The molecule has 1 N–H and O–H groups in total. The van der Waals surface area contributed by atoms with Gasteiger partial charge in [-0.05, 0) is 17.5 Å². The predicted molar refractivity (Wildman–Crippen MR) is 55.1 cm³/mol. The van der Waals surface area contributed by atoms with Crippen LogP contribution >= 0.6 is 0 Å². The zero-order chi connectivity index (χ0) is 10.4. The highest BCUT2D eigenvalue weighted by atomic mass is 16.5. The highest BCUT2D eigenvalue weighted by molar-refractivity contribution is 5.66. The molecule has 1 aromatic rings. The average molecular weight is 193 g/mol. The van der Waals surface area contributed by atoms with Crippen molar-refractivity contribution < 1.29 is 9.53 Å². The Hall–Kier alpha value is -1.51. The van der Waals surface area contributed by atoms with Crippen molar-refractivity contribution in [1.29, 1.82) is 0 Å². The summed E-state index contributed by atoms with van der Waals surface area (Å²) in [6, 6.07) is 8.04. The van der Waals surface area contributed by atoms with Crippen molar-refractivity contribution in [2.75, 3.05) is 7.05 Å². The molecule has 3 nitrogen and oxygen atoms in total. The van der Waals surface area contributed by atoms with Crippen LogP contribution in [-0.4, -0.2) is 13.1 Å². The molecule has 1 rings (SSSR count). The Balaban J connectivity index is 2.47. The summed E-state index contributed by atoms with van der Waals surface area (Å²) in [5, 5.41) is 2.40. The topological polar surface area (TPSA) is 38.3 Å². The Morgan fingerprint density at radius 3 is 2.36 bits per heavy atom. The zero-order valence-electron chi connectivity index (χ0n) is 8.54. The molecular formula is C11H15NO2. The maximum atomic E-state index is 10.8. The number of ether oxygens (including phenoxy) is 1. The standard InChI is InChI=1S/C11H15NO2/c1-3-9-4-6-10(7-5-9)8-14-11(13)12-2/h4-7H,3,8H2,1-2H3,(H,12,13). The maximum Gasteiger partial charge on any atom is 0.407 e. The summed E-state index contributed by atoms with van der Waals surface area (Å²) < 4.78 is 4.90. The van der Waals surface area contributed by atoms with E-state index < -0.39 is 6.09 Å². The number of benzene rings is 1. The third-order valence-electron chi connectivity index (χ3n) is 2.01. The van der Waals surface area contributed by atoms with Gasteiger partial charge in [0.2, 0.25) is 0 Å². The second kappa shape index (κ2) is 5.27. The first-order valence-electron chi connectivity index (χ1n) is 4.68. The molecule has 0 bridgehead atoms. The third kappa shape index (κ3) is 3.09. The van der Waals surface area contributed by atoms with Crippen molar-refractivity contribution in [2.24, 2.45) is 0 Å². The van der Waals surface area contributed by atoms with Gasteiger partial charge in [-0.2, -0.15) is 0 Å². The molecule has 0 fully saturated rings. The highest BCUT2D eigenvalue weighted by Gasteiger charge is 1.98. The molecule has 14 heavy (non-hydrogen) atoms. The predicted octanol–water partition coefficient (Wildman–Crippen LogP) is 2.10. The van der Waals surface area contributed by atoms with Crippen LogP contribution in [0.15, 0.2) is 24.3 Å². The van der Waals surface area contributed by atoms with Crippen molar-refractivity contribution in [1.82, 2.24) is 5.32 Å². The minimum Gasteiger partial charge on any atom is -0.445 e. The molecule has 1 aromatic carbocycles. The molecule has 0 aliphatic heterocycles. The van der Waals surface area contributed by atoms with Crippen molar-refractivity contribution in [2.45, 2.75) is 20.0 Å². The molecular weight excluding hydrogens is 178 g/mol. The minimum atomic E-state index is -0.399. The molecule has 0 aliphatic carbocycles. The van der Waals surface area contributed by atoms with Gasteiger partial charge in [-0.25, -0.2) is 4.79 Å². The minimum absolute atomic E-state index is 0.323. The van der Waals surface area contributed by atoms with E-state index in [-0.39, 0.29) is 0 Å². The SMILES string of the molecule is CCc1ccc(COC(=O)NC)cc1. The number of aryl methyl sites for hydroxylation is 1. The summed E-state index contributed by atoms with van der Waals surface area (Å²) in [5.41, 5.74) is 2.29. The fourth-order valence-electron chi connectivity index (χ4n) is 1.09. The molecule has 0 saturated heterocycles. The van der Waals surface area contributed by atoms with E-state index in [1.54, 1.807) is 7.05 Å². The summed E-state index contributed by atoms with van der Waals surface area (Å²) in [6.45, 7) is 2.43. The lowest BCUT2D eigenvalue weighted by molar-refractivity contribution is 0.142. The second-order valence-electron chi connectivity index (χ2n) is 3.00. The van der Waals surface area contributed by atoms with E-state index >= 15 is 0 Å². The number of carbonyl (C=O) groups excluding carboxylic acids is 1. The Labute approximate surface area is 84.1 Å². The fourth-order valence-corrected chi connectivity index (χ4v) is 1.09. The van der Waals surface area contributed by atoms with Crippen LogP contribution in [0, 0.1) is 0 Å². The first kappa shape index (κ1) is 10.6. The molecule has 1 amide bonds. The molecule has 0 aromatic heterocycles. The smallest absolute Gasteiger partial charge is 0.407 e. The lowest BCUT2D eigenvalue weighted by atomic mass is 10.1. The van der Waals surface area contributed by atoms with Crippen LogP contribution in [-0.2, 0) is 17.8 Å². The Morgan fingerprint density at radius 2 is 1.86 bits per heavy atom. The van der Waals surface area contributed by atoms with Gasteiger partial charge in [0.15, 0.2) is 0 Å². The number of rotatable bonds is 3. The Bertz CT molecular complexity index is 293. The molecule has 0 unspecified atom stereocenters. The van der Waals surface area contributed by atoms with Gasteiger partial charge in [0, 0.05) is 7.05 Å². The lowest BCUT2D eigenvalue weighted by Gasteiger charge is -2.04. The number of amides is 1. The van der Waals surface area contributed by atoms with Gasteiger partial charge in [-0.1, -0.05) is 31.2 Å². The molecule has 0 heterocycles. The van der Waals surface area contributed by atoms with Gasteiger partial charge >= 0.3 is 6.09 Å². The largest absolute Gasteiger partial charge is 0.445 e. The number of carbonyl (C=O) groups is 1. The quantitative estimate of drug-likeness (QED) is 0.798. The normalized spacial score (nSPS) is 9.57. The molecule has 0 saturated carbocycles. The second-order valence-corrected chi connectivity index (χ2v) is 3.00. The summed E-state index contributed by atoms with van der Waals surface area (Å²) in [5.74, 6) is 0. The average Bonchev–Trinajstić information content (AvgIpc) is 2.26. The van der Waals surface area contributed by atoms with E-state index in [4.69, 9.17) is 4.74 Å². The van der Waals surface area contributed by atoms with Crippen molar-refractivity contribution in [3.8, 4) is 0 Å². The van der Waals surface area contributed by atoms with Crippen LogP contribution in [0.2, 0.25) is 0 Å². The van der Waals surface area contributed by atoms with Crippen LogP contribution in [0.5, 0.6) is 0 Å². The van der Waals surface area contributed by atoms with Gasteiger partial charge in [0.25, 0.3) is 0 Å². The summed E-state index contributed by atoms with van der Waals surface area (Å²) in [4.78, 5) is 10.8. The molecule has 0 aliphatic rings. The van der Waals surface area contributed by atoms with Crippen molar-refractivity contribution in [3.05, 3.63) is 35.4 Å². The van der Waals surface area contributed by atoms with Crippen molar-refractivity contribution in [3.63, 3.8) is 0 Å². The van der Waals surface area contributed by atoms with Crippen molar-refractivity contribution >= 4 is 6.09 Å². The fraction of sp³-hybridized carbons (Fsp3) is 0.364. The highest BCUT2D eigenvalue weighted by Crippen LogP contribution is 2.06. The first-order valence-corrected chi connectivity index (χ1v) is 4.68. The van der Waals surface area contributed by atoms with E-state index in [0.29, 0.717) is 6.61 Å². The van der Waals surface area contributed by atoms with Gasteiger partial charge in [0.1, 0.15) is 6.61 Å². The lowest BCUT2D eigenvalue weighted by Crippen LogP contribution is -2.18. The molecule has 3 heteroatoms. The first-order chi connectivity index (χ1) is 6.76. The van der Waals surface area contributed by atoms with E-state index in [1.165, 1.54) is 5.56 Å². The molecule has 0 atom stereocenters. The van der Waals surface area contributed by atoms with E-state index in [2.05, 4.69) is 12.2 Å². The van der Waals surface area contributed by atoms with Crippen LogP contribution in [0.1, 0.15) is 18.1 Å². The summed E-state index contributed by atoms with van der Waals surface area (Å²) in [7, 11) is 1.54. The maximum absolute atomic E-state index is 10.8. The monoisotopic (exact) mass is 193 g/mol. The third-order valence-corrected chi connectivity index (χ3v) is 2.01. The summed E-state index contributed by atoms with van der Waals surface area (Å²) >= 11 is 0. The molecule has 0 radical (unpaired) electrons. The van der Waals surface area contributed by atoms with E-state index in [1.807, 2.05) is 24.3 Å². The number of alkyl carbamates (subject to hydrolysis) is 1. The number of hydrogen-bond donors (Lipinski definition) is 1. The zero-order valence-corrected chi connectivity index (χ0v) is 8.54. The van der Waals surface area contributed by atoms with Crippen LogP contribution in [0.25, 0.3) is 0 Å².